The summed E-state index contributed by atoms with van der Waals surface area (Å²) in [7, 11) is 1.93. The van der Waals surface area contributed by atoms with E-state index in [-0.39, 0.29) is 24.0 Å². The maximum Gasteiger partial charge on any atom is 0.200 e. The van der Waals surface area contributed by atoms with Gasteiger partial charge in [0.15, 0.2) is 22.8 Å². The first-order valence-electron chi connectivity index (χ1n) is 15.6. The smallest absolute Gasteiger partial charge is 0.200 e. The molecule has 4 N–H and O–H groups in total. The highest BCUT2D eigenvalue weighted by molar-refractivity contribution is 6.01. The summed E-state index contributed by atoms with van der Waals surface area (Å²) in [6, 6.07) is 11.7. The van der Waals surface area contributed by atoms with E-state index < -0.39 is 58.9 Å². The zero-order valence-electron chi connectivity index (χ0n) is 25.6. The van der Waals surface area contributed by atoms with Crippen LogP contribution in [0.1, 0.15) is 75.6 Å². The van der Waals surface area contributed by atoms with Gasteiger partial charge in [0.05, 0.1) is 17.9 Å². The highest BCUT2D eigenvalue weighted by Gasteiger charge is 2.79. The van der Waals surface area contributed by atoms with Crippen LogP contribution in [0, 0.1) is 22.7 Å². The van der Waals surface area contributed by atoms with Gasteiger partial charge in [-0.25, -0.2) is 4.39 Å². The van der Waals surface area contributed by atoms with Crippen LogP contribution in [-0.2, 0) is 26.1 Å². The number of ether oxygens (including phenoxy) is 2. The number of fused-ring (bicyclic) bond motifs is 7. The molecule has 1 aromatic carbocycles. The van der Waals surface area contributed by atoms with Gasteiger partial charge in [-0.15, -0.1) is 0 Å². The lowest BCUT2D eigenvalue weighted by molar-refractivity contribution is -0.232. The van der Waals surface area contributed by atoms with Crippen molar-refractivity contribution in [2.45, 2.75) is 82.1 Å². The molecule has 7 rings (SSSR count). The summed E-state index contributed by atoms with van der Waals surface area (Å²) in [4.78, 5) is 26.0. The molecular formula is C35H41FN2O6. The fourth-order valence-corrected chi connectivity index (χ4v) is 9.88. The second-order valence-electron chi connectivity index (χ2n) is 14.0. The number of nitrogens with two attached hydrogens (primary N) is 1. The Labute approximate surface area is 256 Å². The molecule has 0 radical (unpaired) electrons. The summed E-state index contributed by atoms with van der Waals surface area (Å²) in [5, 5.41) is 22.0. The first kappa shape index (κ1) is 29.6. The van der Waals surface area contributed by atoms with Crippen molar-refractivity contribution >= 4 is 17.3 Å². The number of Topliss-reactive ketones (excluding diaryl/α,β-unsaturated/α-hetero) is 1. The number of aromatic nitrogens is 1. The van der Waals surface area contributed by atoms with Crippen molar-refractivity contribution in [2.24, 2.45) is 29.7 Å². The van der Waals surface area contributed by atoms with E-state index in [2.05, 4.69) is 6.92 Å². The number of hydrogen-bond donors (Lipinski definition) is 3. The van der Waals surface area contributed by atoms with Gasteiger partial charge in [-0.05, 0) is 80.5 Å². The van der Waals surface area contributed by atoms with Gasteiger partial charge in [-0.3, -0.25) is 9.59 Å². The SMILES string of the molecule is C[C@H](c1ccc(N)cc1)c1ccc([C@@H]2O[C@@H]3C[C@H]4[C@@H]5CCC6=CC(=O)C=C[C@]6(C)[C@@]5(F)[C@@H](O)C[C@]4(C)[C@]3(C(=O)CO)O2)n1C. The Morgan fingerprint density at radius 2 is 1.91 bits per heavy atom. The molecule has 0 bridgehead atoms. The number of anilines is 1. The minimum atomic E-state index is -2.04. The van der Waals surface area contributed by atoms with Crippen LogP contribution in [0.4, 0.5) is 10.1 Å². The van der Waals surface area contributed by atoms with Crippen LogP contribution in [0.25, 0.3) is 0 Å². The van der Waals surface area contributed by atoms with Crippen LogP contribution < -0.4 is 5.73 Å². The number of allylic oxidation sites excluding steroid dienone is 4. The molecule has 9 heteroatoms. The largest absolute Gasteiger partial charge is 0.399 e. The lowest BCUT2D eigenvalue weighted by Crippen LogP contribution is -2.69. The maximum atomic E-state index is 17.6. The van der Waals surface area contributed by atoms with Crippen LogP contribution in [0.15, 0.2) is 60.2 Å². The fraction of sp³-hybridized carbons (Fsp3) is 0.543. The quantitative estimate of drug-likeness (QED) is 0.431. The summed E-state index contributed by atoms with van der Waals surface area (Å²) in [6.07, 6.45) is 2.77. The standard InChI is InChI=1S/C35H41FN2O6/c1-19(20-5-8-22(37)9-6-20)26-11-12-27(38(26)4)31-43-30-16-25-24-10-7-21-15-23(40)13-14-32(21,2)34(24,36)28(41)17-33(25,3)35(30,44-31)29(42)18-39/h5-6,8-9,11-15,19,24-25,28,30-31,39,41H,7,10,16-18,37H2,1-4H3/t19-,24+,25+,28+,30-,31-,32+,33+,34+,35-/m1/s1. The number of ketones is 2. The molecule has 1 aliphatic heterocycles. The summed E-state index contributed by atoms with van der Waals surface area (Å²) in [5.74, 6) is -1.58. The van der Waals surface area contributed by atoms with E-state index in [1.807, 2.05) is 54.9 Å². The third-order valence-corrected chi connectivity index (χ3v) is 12.3. The molecule has 4 aliphatic carbocycles. The summed E-state index contributed by atoms with van der Waals surface area (Å²) >= 11 is 0. The summed E-state index contributed by atoms with van der Waals surface area (Å²) in [6.45, 7) is 5.02. The molecule has 0 unspecified atom stereocenters. The topological polar surface area (TPSA) is 124 Å². The maximum absolute atomic E-state index is 17.6. The van der Waals surface area contributed by atoms with Crippen LogP contribution in [0.5, 0.6) is 0 Å². The molecule has 3 saturated carbocycles. The highest BCUT2D eigenvalue weighted by Crippen LogP contribution is 2.72. The molecule has 1 aromatic heterocycles. The molecule has 44 heavy (non-hydrogen) atoms. The number of aliphatic hydroxyl groups is 2. The normalized spacial score (nSPS) is 41.4. The number of hydrogen-bond acceptors (Lipinski definition) is 7. The van der Waals surface area contributed by atoms with E-state index in [9.17, 15) is 19.8 Å². The lowest BCUT2D eigenvalue weighted by Gasteiger charge is -2.62. The Morgan fingerprint density at radius 3 is 2.61 bits per heavy atom. The molecule has 234 valence electrons. The molecule has 2 aromatic rings. The molecule has 1 saturated heterocycles. The van der Waals surface area contributed by atoms with Gasteiger partial charge in [-0.1, -0.05) is 37.6 Å². The Morgan fingerprint density at radius 1 is 1.18 bits per heavy atom. The number of aliphatic hydroxyl groups excluding tert-OH is 2. The molecule has 4 fully saturated rings. The Hall–Kier alpha value is -3.11. The third-order valence-electron chi connectivity index (χ3n) is 12.3. The minimum absolute atomic E-state index is 0.0415. The van der Waals surface area contributed by atoms with Crippen LogP contribution in [-0.4, -0.2) is 56.4 Å². The average molecular weight is 605 g/mol. The van der Waals surface area contributed by atoms with Gasteiger partial charge < -0.3 is 30.0 Å². The lowest BCUT2D eigenvalue weighted by atomic mass is 9.44. The van der Waals surface area contributed by atoms with E-state index in [0.717, 1.165) is 17.0 Å². The number of benzene rings is 1. The zero-order valence-corrected chi connectivity index (χ0v) is 25.6. The fourth-order valence-electron chi connectivity index (χ4n) is 9.88. The predicted molar refractivity (Wildman–Crippen MR) is 161 cm³/mol. The highest BCUT2D eigenvalue weighted by atomic mass is 19.1. The summed E-state index contributed by atoms with van der Waals surface area (Å²) in [5.41, 5.74) is 4.41. The van der Waals surface area contributed by atoms with Gasteiger partial charge >= 0.3 is 0 Å². The molecule has 5 aliphatic rings. The predicted octanol–water partition coefficient (Wildman–Crippen LogP) is 4.45. The van der Waals surface area contributed by atoms with Crippen molar-refractivity contribution in [3.63, 3.8) is 0 Å². The Balaban J connectivity index is 1.24. The zero-order chi connectivity index (χ0) is 31.4. The van der Waals surface area contributed by atoms with Crippen LogP contribution in [0.2, 0.25) is 0 Å². The molecular weight excluding hydrogens is 563 g/mol. The van der Waals surface area contributed by atoms with Crippen molar-refractivity contribution in [3.8, 4) is 0 Å². The Bertz CT molecular complexity index is 1600. The van der Waals surface area contributed by atoms with E-state index in [0.29, 0.717) is 30.5 Å². The monoisotopic (exact) mass is 604 g/mol. The number of rotatable bonds is 5. The van der Waals surface area contributed by atoms with Gasteiger partial charge in [0.1, 0.15) is 6.61 Å². The van der Waals surface area contributed by atoms with Crippen molar-refractivity contribution in [2.75, 3.05) is 12.3 Å². The molecule has 10 atom stereocenters. The molecule has 8 nitrogen and oxygen atoms in total. The van der Waals surface area contributed by atoms with Gasteiger partial charge in [0, 0.05) is 41.1 Å². The first-order valence-corrected chi connectivity index (χ1v) is 15.6. The van der Waals surface area contributed by atoms with E-state index in [4.69, 9.17) is 15.2 Å². The van der Waals surface area contributed by atoms with Crippen molar-refractivity contribution in [1.29, 1.82) is 0 Å². The second kappa shape index (κ2) is 9.69. The van der Waals surface area contributed by atoms with Gasteiger partial charge in [-0.2, -0.15) is 0 Å². The van der Waals surface area contributed by atoms with Crippen molar-refractivity contribution in [1.82, 2.24) is 4.57 Å². The third kappa shape index (κ3) is 3.58. The van der Waals surface area contributed by atoms with Crippen molar-refractivity contribution < 1.29 is 33.7 Å². The Kier molecular flexibility index (Phi) is 6.52. The molecule has 2 heterocycles. The van der Waals surface area contributed by atoms with Crippen LogP contribution in [0.3, 0.4) is 0 Å². The number of alkyl halides is 1. The minimum Gasteiger partial charge on any atom is -0.399 e. The summed E-state index contributed by atoms with van der Waals surface area (Å²) < 4.78 is 32.9. The number of nitrogens with zero attached hydrogens (tertiary/aromatic N) is 1. The molecule has 0 amide bonds. The number of halogens is 1. The van der Waals surface area contributed by atoms with E-state index in [1.54, 1.807) is 13.0 Å². The van der Waals surface area contributed by atoms with Gasteiger partial charge in [0.25, 0.3) is 0 Å². The van der Waals surface area contributed by atoms with E-state index in [1.165, 1.54) is 12.2 Å². The first-order chi connectivity index (χ1) is 20.8. The average Bonchev–Trinajstić information content (AvgIpc) is 3.63. The molecule has 0 spiro atoms. The van der Waals surface area contributed by atoms with E-state index >= 15 is 4.39 Å². The van der Waals surface area contributed by atoms with Crippen molar-refractivity contribution in [3.05, 3.63) is 77.2 Å². The number of carbonyl (C=O) groups excluding carboxylic acids is 2. The number of nitrogen functional groups attached to an aromatic ring is 1. The second-order valence-corrected chi connectivity index (χ2v) is 14.0. The van der Waals surface area contributed by atoms with Gasteiger partial charge in [0.2, 0.25) is 6.29 Å². The number of carbonyl (C=O) groups is 2. The van der Waals surface area contributed by atoms with Crippen LogP contribution >= 0.6 is 0 Å².